The lowest BCUT2D eigenvalue weighted by Crippen LogP contribution is -2.28. The van der Waals surface area contributed by atoms with Gasteiger partial charge in [0.05, 0.1) is 17.8 Å². The third kappa shape index (κ3) is 6.35. The first-order valence-electron chi connectivity index (χ1n) is 9.62. The minimum Gasteiger partial charge on any atom is -0.492 e. The molecule has 0 radical (unpaired) electrons. The molecule has 0 atom stereocenters. The molecule has 31 heavy (non-hydrogen) atoms. The van der Waals surface area contributed by atoms with Crippen molar-refractivity contribution in [3.63, 3.8) is 0 Å². The summed E-state index contributed by atoms with van der Waals surface area (Å²) in [5, 5.41) is 32.6. The number of allylic oxidation sites excluding steroid dienone is 2. The second-order valence-corrected chi connectivity index (χ2v) is 7.63. The summed E-state index contributed by atoms with van der Waals surface area (Å²) in [6, 6.07) is 19.5. The summed E-state index contributed by atoms with van der Waals surface area (Å²) in [5.74, 6) is 0.344. The standard InChI is InChI=1S/C24H23N5O2/c1-24(2,3)18-8-10-19(11-9-18)31-13-12-28-23(30)20-6-4-5-7-21(20)29-22(16-27)17(14-25)15-26/h4-11,29H,12-13H2,1-3H3,(H,28,30). The molecule has 7 heteroatoms. The minimum absolute atomic E-state index is 0.0653. The summed E-state index contributed by atoms with van der Waals surface area (Å²) in [4.78, 5) is 12.6. The first-order chi connectivity index (χ1) is 14.8. The third-order valence-corrected chi connectivity index (χ3v) is 4.39. The van der Waals surface area contributed by atoms with Crippen LogP contribution in [0.3, 0.4) is 0 Å². The van der Waals surface area contributed by atoms with Crippen molar-refractivity contribution in [2.24, 2.45) is 0 Å². The van der Waals surface area contributed by atoms with Crippen molar-refractivity contribution in [2.45, 2.75) is 26.2 Å². The fourth-order valence-electron chi connectivity index (χ4n) is 2.69. The van der Waals surface area contributed by atoms with E-state index >= 15 is 0 Å². The maximum absolute atomic E-state index is 12.6. The number of nitriles is 3. The second kappa shape index (κ2) is 10.5. The van der Waals surface area contributed by atoms with Crippen LogP contribution in [0.2, 0.25) is 0 Å². The molecule has 2 aromatic carbocycles. The van der Waals surface area contributed by atoms with E-state index in [0.717, 1.165) is 0 Å². The molecule has 0 aromatic heterocycles. The molecule has 0 saturated carbocycles. The number of ether oxygens (including phenoxy) is 1. The predicted molar refractivity (Wildman–Crippen MR) is 117 cm³/mol. The highest BCUT2D eigenvalue weighted by molar-refractivity contribution is 6.00. The zero-order valence-electron chi connectivity index (χ0n) is 17.7. The van der Waals surface area contributed by atoms with E-state index in [0.29, 0.717) is 11.4 Å². The summed E-state index contributed by atoms with van der Waals surface area (Å²) in [6.07, 6.45) is 0. The first kappa shape index (κ1) is 23.0. The van der Waals surface area contributed by atoms with Gasteiger partial charge >= 0.3 is 0 Å². The summed E-state index contributed by atoms with van der Waals surface area (Å²) in [7, 11) is 0. The maximum atomic E-state index is 12.6. The lowest BCUT2D eigenvalue weighted by Gasteiger charge is -2.19. The molecule has 156 valence electrons. The lowest BCUT2D eigenvalue weighted by molar-refractivity contribution is 0.0948. The van der Waals surface area contributed by atoms with Crippen LogP contribution in [-0.4, -0.2) is 19.1 Å². The molecule has 1 amide bonds. The number of nitrogens with zero attached hydrogens (tertiary/aromatic N) is 3. The topological polar surface area (TPSA) is 122 Å². The molecule has 0 aliphatic carbocycles. The molecule has 0 saturated heterocycles. The smallest absolute Gasteiger partial charge is 0.253 e. The highest BCUT2D eigenvalue weighted by atomic mass is 16.5. The average molecular weight is 413 g/mol. The molecule has 2 rings (SSSR count). The Bertz CT molecular complexity index is 1080. The largest absolute Gasteiger partial charge is 0.492 e. The molecule has 0 heterocycles. The monoisotopic (exact) mass is 413 g/mol. The normalized spacial score (nSPS) is 10.1. The Kier molecular flexibility index (Phi) is 7.78. The van der Waals surface area contributed by atoms with Gasteiger partial charge in [0.25, 0.3) is 5.91 Å². The average Bonchev–Trinajstić information content (AvgIpc) is 2.76. The molecular weight excluding hydrogens is 390 g/mol. The van der Waals surface area contributed by atoms with E-state index in [2.05, 4.69) is 31.4 Å². The number of amides is 1. The number of anilines is 1. The Balaban J connectivity index is 1.98. The Labute approximate surface area is 182 Å². The summed E-state index contributed by atoms with van der Waals surface area (Å²) in [5.41, 5.74) is 1.29. The van der Waals surface area contributed by atoms with E-state index in [1.807, 2.05) is 24.3 Å². The van der Waals surface area contributed by atoms with Crippen molar-refractivity contribution in [1.29, 1.82) is 15.8 Å². The molecule has 2 N–H and O–H groups in total. The van der Waals surface area contributed by atoms with Crippen LogP contribution in [0.4, 0.5) is 5.69 Å². The molecule has 0 fully saturated rings. The van der Waals surface area contributed by atoms with Crippen LogP contribution < -0.4 is 15.4 Å². The Morgan fingerprint density at radius 3 is 2.19 bits per heavy atom. The number of benzene rings is 2. The number of para-hydroxylation sites is 1. The zero-order chi connectivity index (χ0) is 22.9. The van der Waals surface area contributed by atoms with Crippen molar-refractivity contribution in [3.8, 4) is 24.0 Å². The number of carbonyl (C=O) groups excluding carboxylic acids is 1. The first-order valence-corrected chi connectivity index (χ1v) is 9.62. The molecule has 2 aromatic rings. The van der Waals surface area contributed by atoms with Gasteiger partial charge in [-0.15, -0.1) is 0 Å². The van der Waals surface area contributed by atoms with Gasteiger partial charge in [0, 0.05) is 0 Å². The molecule has 7 nitrogen and oxygen atoms in total. The van der Waals surface area contributed by atoms with E-state index in [-0.39, 0.29) is 41.3 Å². The summed E-state index contributed by atoms with van der Waals surface area (Å²) >= 11 is 0. The maximum Gasteiger partial charge on any atom is 0.253 e. The predicted octanol–water partition coefficient (Wildman–Crippen LogP) is 4.03. The molecule has 0 aliphatic rings. The van der Waals surface area contributed by atoms with Crippen LogP contribution in [0.5, 0.6) is 5.75 Å². The van der Waals surface area contributed by atoms with Crippen LogP contribution >= 0.6 is 0 Å². The van der Waals surface area contributed by atoms with E-state index in [1.165, 1.54) is 5.56 Å². The number of carbonyl (C=O) groups is 1. The lowest BCUT2D eigenvalue weighted by atomic mass is 9.87. The van der Waals surface area contributed by atoms with Gasteiger partial charge in [-0.2, -0.15) is 15.8 Å². The number of rotatable bonds is 7. The third-order valence-electron chi connectivity index (χ3n) is 4.39. The fraction of sp³-hybridized carbons (Fsp3) is 0.250. The molecule has 0 unspecified atom stereocenters. The Morgan fingerprint density at radius 1 is 0.968 bits per heavy atom. The van der Waals surface area contributed by atoms with Gasteiger partial charge in [-0.05, 0) is 35.2 Å². The van der Waals surface area contributed by atoms with E-state index in [1.54, 1.807) is 42.5 Å². The highest BCUT2D eigenvalue weighted by Gasteiger charge is 2.14. The fourth-order valence-corrected chi connectivity index (χ4v) is 2.69. The SMILES string of the molecule is CC(C)(C)c1ccc(OCCNC(=O)c2ccccc2NC(C#N)=C(C#N)C#N)cc1. The van der Waals surface area contributed by atoms with E-state index in [4.69, 9.17) is 15.3 Å². The Morgan fingerprint density at radius 2 is 1.61 bits per heavy atom. The number of nitrogens with one attached hydrogen (secondary N) is 2. The minimum atomic E-state index is -0.373. The van der Waals surface area contributed by atoms with Crippen molar-refractivity contribution < 1.29 is 9.53 Å². The summed E-state index contributed by atoms with van der Waals surface area (Å²) < 4.78 is 5.68. The van der Waals surface area contributed by atoms with Crippen molar-refractivity contribution in [1.82, 2.24) is 5.32 Å². The second-order valence-electron chi connectivity index (χ2n) is 7.63. The van der Waals surface area contributed by atoms with Crippen LogP contribution in [0, 0.1) is 34.0 Å². The quantitative estimate of drug-likeness (QED) is 0.522. The van der Waals surface area contributed by atoms with Crippen molar-refractivity contribution in [3.05, 3.63) is 70.9 Å². The van der Waals surface area contributed by atoms with Crippen LogP contribution in [0.15, 0.2) is 59.8 Å². The van der Waals surface area contributed by atoms with Gasteiger partial charge in [0.2, 0.25) is 0 Å². The van der Waals surface area contributed by atoms with Gasteiger partial charge in [-0.25, -0.2) is 0 Å². The molecule has 0 spiro atoms. The molecular formula is C24H23N5O2. The molecule has 0 bridgehead atoms. The van der Waals surface area contributed by atoms with Gasteiger partial charge in [-0.3, -0.25) is 4.79 Å². The van der Waals surface area contributed by atoms with E-state index < -0.39 is 0 Å². The van der Waals surface area contributed by atoms with Gasteiger partial charge in [0.1, 0.15) is 36.3 Å². The van der Waals surface area contributed by atoms with Crippen LogP contribution in [0.25, 0.3) is 0 Å². The van der Waals surface area contributed by atoms with Gasteiger partial charge in [0.15, 0.2) is 5.57 Å². The van der Waals surface area contributed by atoms with Crippen molar-refractivity contribution in [2.75, 3.05) is 18.5 Å². The Hall–Kier alpha value is -4.28. The van der Waals surface area contributed by atoms with Crippen LogP contribution in [0.1, 0.15) is 36.7 Å². The van der Waals surface area contributed by atoms with E-state index in [9.17, 15) is 10.1 Å². The number of hydrogen-bond donors (Lipinski definition) is 2. The van der Waals surface area contributed by atoms with Crippen molar-refractivity contribution >= 4 is 11.6 Å². The van der Waals surface area contributed by atoms with Gasteiger partial charge in [-0.1, -0.05) is 45.0 Å². The molecule has 0 aliphatic heterocycles. The highest BCUT2D eigenvalue weighted by Crippen LogP contribution is 2.24. The van der Waals surface area contributed by atoms with Crippen LogP contribution in [-0.2, 0) is 5.41 Å². The summed E-state index contributed by atoms with van der Waals surface area (Å²) in [6.45, 7) is 6.98. The zero-order valence-corrected chi connectivity index (χ0v) is 17.7. The van der Waals surface area contributed by atoms with Gasteiger partial charge < -0.3 is 15.4 Å². The number of hydrogen-bond acceptors (Lipinski definition) is 6.